The van der Waals surface area contributed by atoms with Crippen molar-refractivity contribution in [3.05, 3.63) is 29.8 Å². The lowest BCUT2D eigenvalue weighted by atomic mass is 9.97. The second kappa shape index (κ2) is 8.71. The summed E-state index contributed by atoms with van der Waals surface area (Å²) in [4.78, 5) is 26.4. The Labute approximate surface area is 144 Å². The van der Waals surface area contributed by atoms with Gasteiger partial charge in [-0.15, -0.1) is 0 Å². The van der Waals surface area contributed by atoms with Gasteiger partial charge in [0, 0.05) is 19.5 Å². The van der Waals surface area contributed by atoms with E-state index in [4.69, 9.17) is 4.74 Å². The summed E-state index contributed by atoms with van der Waals surface area (Å²) < 4.78 is 5.17. The first-order chi connectivity index (χ1) is 11.5. The topological polar surface area (TPSA) is 58.6 Å². The Bertz CT molecular complexity index is 556. The molecule has 1 N–H and O–H groups in total. The zero-order chi connectivity index (χ0) is 17.5. The molecule has 1 saturated heterocycles. The van der Waals surface area contributed by atoms with Crippen molar-refractivity contribution in [2.45, 2.75) is 58.0 Å². The molecule has 5 heteroatoms. The van der Waals surface area contributed by atoms with E-state index in [1.807, 2.05) is 29.2 Å². The van der Waals surface area contributed by atoms with Gasteiger partial charge in [0.1, 0.15) is 5.75 Å². The van der Waals surface area contributed by atoms with Gasteiger partial charge in [-0.2, -0.15) is 0 Å². The van der Waals surface area contributed by atoms with Crippen molar-refractivity contribution in [1.29, 1.82) is 0 Å². The minimum Gasteiger partial charge on any atom is -0.497 e. The number of methoxy groups -OCH3 is 1. The largest absolute Gasteiger partial charge is 0.497 e. The summed E-state index contributed by atoms with van der Waals surface area (Å²) >= 11 is 0. The summed E-state index contributed by atoms with van der Waals surface area (Å²) in [5, 5.41) is 2.91. The molecule has 0 spiro atoms. The molecule has 1 aliphatic rings. The lowest BCUT2D eigenvalue weighted by Crippen LogP contribution is -2.44. The lowest BCUT2D eigenvalue weighted by molar-refractivity contribution is -0.135. The Kier molecular flexibility index (Phi) is 6.64. The van der Waals surface area contributed by atoms with Crippen molar-refractivity contribution in [3.63, 3.8) is 0 Å². The molecule has 0 aliphatic carbocycles. The Morgan fingerprint density at radius 1 is 1.29 bits per heavy atom. The zero-order valence-corrected chi connectivity index (χ0v) is 14.9. The first kappa shape index (κ1) is 18.3. The van der Waals surface area contributed by atoms with Gasteiger partial charge in [-0.05, 0) is 43.4 Å². The van der Waals surface area contributed by atoms with Gasteiger partial charge in [0.05, 0.1) is 19.6 Å². The smallest absolute Gasteiger partial charge is 0.225 e. The minimum atomic E-state index is -0.305. The van der Waals surface area contributed by atoms with Crippen molar-refractivity contribution in [3.8, 4) is 5.75 Å². The van der Waals surface area contributed by atoms with Crippen LogP contribution in [0.3, 0.4) is 0 Å². The summed E-state index contributed by atoms with van der Waals surface area (Å²) in [5.74, 6) is 0.749. The Balaban J connectivity index is 2.12. The summed E-state index contributed by atoms with van der Waals surface area (Å²) in [6.07, 6.45) is 4.61. The van der Waals surface area contributed by atoms with Gasteiger partial charge in [-0.1, -0.05) is 19.1 Å². The number of carbonyl (C=O) groups excluding carboxylic acids is 2. The molecule has 1 heterocycles. The number of benzene rings is 1. The van der Waals surface area contributed by atoms with Gasteiger partial charge in [0.2, 0.25) is 11.8 Å². The van der Waals surface area contributed by atoms with E-state index in [-0.39, 0.29) is 17.9 Å². The number of amides is 2. The number of nitrogens with zero attached hydrogens (tertiary/aromatic N) is 1. The average Bonchev–Trinajstić information content (AvgIpc) is 2.60. The molecule has 0 bridgehead atoms. The molecule has 2 rings (SSSR count). The monoisotopic (exact) mass is 332 g/mol. The number of piperidine rings is 1. The second-order valence-electron chi connectivity index (χ2n) is 6.38. The molecule has 24 heavy (non-hydrogen) atoms. The molecule has 2 unspecified atom stereocenters. The average molecular weight is 332 g/mol. The quantitative estimate of drug-likeness (QED) is 0.871. The molecular formula is C19H28N2O3. The first-order valence-corrected chi connectivity index (χ1v) is 8.75. The highest BCUT2D eigenvalue weighted by Gasteiger charge is 2.27. The van der Waals surface area contributed by atoms with E-state index in [0.29, 0.717) is 12.5 Å². The molecule has 132 valence electrons. The van der Waals surface area contributed by atoms with Crippen LogP contribution in [0.1, 0.15) is 57.6 Å². The molecule has 1 fully saturated rings. The van der Waals surface area contributed by atoms with Gasteiger partial charge in [-0.3, -0.25) is 9.59 Å². The Hall–Kier alpha value is -2.04. The van der Waals surface area contributed by atoms with Crippen LogP contribution in [0.25, 0.3) is 0 Å². The summed E-state index contributed by atoms with van der Waals surface area (Å²) in [7, 11) is 1.62. The Morgan fingerprint density at radius 3 is 2.58 bits per heavy atom. The molecule has 2 atom stereocenters. The van der Waals surface area contributed by atoms with Crippen LogP contribution in [0.2, 0.25) is 0 Å². The van der Waals surface area contributed by atoms with E-state index < -0.39 is 0 Å². The number of rotatable bonds is 6. The maximum absolute atomic E-state index is 12.8. The zero-order valence-electron chi connectivity index (χ0n) is 14.9. The van der Waals surface area contributed by atoms with Crippen LogP contribution in [-0.2, 0) is 9.59 Å². The fourth-order valence-electron chi connectivity index (χ4n) is 3.38. The summed E-state index contributed by atoms with van der Waals surface area (Å²) in [6.45, 7) is 4.44. The van der Waals surface area contributed by atoms with E-state index in [0.717, 1.165) is 37.1 Å². The predicted molar refractivity (Wildman–Crippen MR) is 93.8 cm³/mol. The normalized spacial score (nSPS) is 18.8. The highest BCUT2D eigenvalue weighted by molar-refractivity contribution is 5.79. The van der Waals surface area contributed by atoms with Crippen molar-refractivity contribution in [2.75, 3.05) is 13.7 Å². The van der Waals surface area contributed by atoms with Gasteiger partial charge in [0.25, 0.3) is 0 Å². The van der Waals surface area contributed by atoms with Crippen molar-refractivity contribution in [2.24, 2.45) is 0 Å². The number of likely N-dealkylation sites (tertiary alicyclic amines) is 1. The highest BCUT2D eigenvalue weighted by Crippen LogP contribution is 2.25. The second-order valence-corrected chi connectivity index (χ2v) is 6.38. The molecule has 2 amide bonds. The third-order valence-electron chi connectivity index (χ3n) is 4.69. The molecule has 5 nitrogen and oxygen atoms in total. The van der Waals surface area contributed by atoms with Crippen molar-refractivity contribution in [1.82, 2.24) is 10.2 Å². The van der Waals surface area contributed by atoms with Crippen LogP contribution in [-0.4, -0.2) is 36.4 Å². The number of hydrogen-bond donors (Lipinski definition) is 1. The third-order valence-corrected chi connectivity index (χ3v) is 4.69. The van der Waals surface area contributed by atoms with Crippen LogP contribution < -0.4 is 10.1 Å². The number of nitrogens with one attached hydrogen (secondary N) is 1. The van der Waals surface area contributed by atoms with Crippen LogP contribution in [0.15, 0.2) is 24.3 Å². The molecular weight excluding hydrogens is 304 g/mol. The number of carbonyl (C=O) groups is 2. The molecule has 1 aromatic rings. The molecule has 1 aliphatic heterocycles. The molecule has 0 radical (unpaired) electrons. The third kappa shape index (κ3) is 4.73. The lowest BCUT2D eigenvalue weighted by Gasteiger charge is -2.36. The van der Waals surface area contributed by atoms with Gasteiger partial charge in [0.15, 0.2) is 0 Å². The Morgan fingerprint density at radius 2 is 2.00 bits per heavy atom. The predicted octanol–water partition coefficient (Wildman–Crippen LogP) is 3.05. The fraction of sp³-hybridized carbons (Fsp3) is 0.579. The van der Waals surface area contributed by atoms with E-state index in [2.05, 4.69) is 12.2 Å². The molecule has 0 aromatic heterocycles. The van der Waals surface area contributed by atoms with Crippen LogP contribution in [0, 0.1) is 0 Å². The van der Waals surface area contributed by atoms with Crippen molar-refractivity contribution >= 4 is 11.8 Å². The summed E-state index contributed by atoms with van der Waals surface area (Å²) in [6, 6.07) is 7.54. The van der Waals surface area contributed by atoms with E-state index in [9.17, 15) is 9.59 Å². The summed E-state index contributed by atoms with van der Waals surface area (Å²) in [5.41, 5.74) is 0.921. The first-order valence-electron chi connectivity index (χ1n) is 8.75. The van der Waals surface area contributed by atoms with Gasteiger partial charge >= 0.3 is 0 Å². The van der Waals surface area contributed by atoms with E-state index in [1.165, 1.54) is 13.3 Å². The van der Waals surface area contributed by atoms with Crippen LogP contribution in [0.4, 0.5) is 0 Å². The van der Waals surface area contributed by atoms with E-state index in [1.54, 1.807) is 7.11 Å². The van der Waals surface area contributed by atoms with Crippen LogP contribution in [0.5, 0.6) is 5.75 Å². The molecule has 0 saturated carbocycles. The maximum Gasteiger partial charge on any atom is 0.225 e. The standard InChI is InChI=1S/C19H28N2O3/c1-4-16-7-5-6-12-21(16)19(23)13-18(20-14(2)22)15-8-10-17(24-3)11-9-15/h8-11,16,18H,4-7,12-13H2,1-3H3,(H,20,22). The van der Waals surface area contributed by atoms with Crippen LogP contribution >= 0.6 is 0 Å². The van der Waals surface area contributed by atoms with E-state index >= 15 is 0 Å². The maximum atomic E-state index is 12.8. The van der Waals surface area contributed by atoms with Gasteiger partial charge in [-0.25, -0.2) is 0 Å². The van der Waals surface area contributed by atoms with Crippen molar-refractivity contribution < 1.29 is 14.3 Å². The number of ether oxygens (including phenoxy) is 1. The molecule has 1 aromatic carbocycles. The SMILES string of the molecule is CCC1CCCCN1C(=O)CC(NC(C)=O)c1ccc(OC)cc1. The minimum absolute atomic E-state index is 0.121. The highest BCUT2D eigenvalue weighted by atomic mass is 16.5. The fourth-order valence-corrected chi connectivity index (χ4v) is 3.38. The number of hydrogen-bond acceptors (Lipinski definition) is 3. The van der Waals surface area contributed by atoms with Gasteiger partial charge < -0.3 is 15.0 Å².